The molecule has 1 aliphatic carbocycles. The molecular formula is C19H20ClN3O4. The molecular weight excluding hydrogens is 370 g/mol. The molecule has 1 N–H and O–H groups in total. The van der Waals surface area contributed by atoms with E-state index < -0.39 is 0 Å². The molecule has 0 unspecified atom stereocenters. The Balaban J connectivity index is 1.72. The van der Waals surface area contributed by atoms with Gasteiger partial charge in [-0.3, -0.25) is 0 Å². The van der Waals surface area contributed by atoms with Crippen LogP contribution in [0, 0.1) is 0 Å². The number of nitrogens with zero attached hydrogens (tertiary/aromatic N) is 2. The molecule has 0 bridgehead atoms. The van der Waals surface area contributed by atoms with Gasteiger partial charge in [-0.1, -0.05) is 11.6 Å². The van der Waals surface area contributed by atoms with Gasteiger partial charge in [-0.15, -0.1) is 0 Å². The Labute approximate surface area is 161 Å². The number of fused-ring (bicyclic) bond motifs is 1. The number of hydrogen-bond acceptors (Lipinski definition) is 7. The second-order valence-electron chi connectivity index (χ2n) is 6.28. The summed E-state index contributed by atoms with van der Waals surface area (Å²) in [5.74, 6) is 1.20. The van der Waals surface area contributed by atoms with E-state index in [1.807, 2.05) is 12.1 Å². The number of pyridine rings is 1. The minimum absolute atomic E-state index is 0.401. The van der Waals surface area contributed by atoms with E-state index in [1.54, 1.807) is 26.5 Å². The monoisotopic (exact) mass is 389 g/mol. The van der Waals surface area contributed by atoms with Gasteiger partial charge in [0.25, 0.3) is 6.01 Å². The Morgan fingerprint density at radius 2 is 2.00 bits per heavy atom. The highest BCUT2D eigenvalue weighted by Gasteiger charge is 2.23. The van der Waals surface area contributed by atoms with Crippen LogP contribution in [0.1, 0.15) is 12.8 Å². The normalized spacial score (nSPS) is 13.7. The van der Waals surface area contributed by atoms with Crippen molar-refractivity contribution in [2.24, 2.45) is 0 Å². The molecule has 2 aromatic heterocycles. The molecule has 0 radical (unpaired) electrons. The van der Waals surface area contributed by atoms with Crippen LogP contribution in [0.4, 0.5) is 6.01 Å². The van der Waals surface area contributed by atoms with Gasteiger partial charge < -0.3 is 23.9 Å². The number of anilines is 1. The van der Waals surface area contributed by atoms with Gasteiger partial charge in [0.1, 0.15) is 35.1 Å². The maximum atomic E-state index is 6.55. The number of benzene rings is 1. The van der Waals surface area contributed by atoms with E-state index >= 15 is 0 Å². The third-order valence-corrected chi connectivity index (χ3v) is 4.65. The highest BCUT2D eigenvalue weighted by atomic mass is 35.5. The molecule has 1 saturated carbocycles. The summed E-state index contributed by atoms with van der Waals surface area (Å²) in [7, 11) is 3.23. The van der Waals surface area contributed by atoms with E-state index in [0.717, 1.165) is 18.2 Å². The van der Waals surface area contributed by atoms with Crippen LogP contribution in [-0.2, 0) is 4.74 Å². The standard InChI is InChI=1S/C19H20ClN3O4/c1-24-7-8-26-15-6-5-12-16(25-2)9-13(22-18(12)17(15)20)14-10-27-19(23-14)21-11-3-4-11/h5-6,9-11H,3-4,7-8H2,1-2H3,(H,21,23). The van der Waals surface area contributed by atoms with Crippen molar-refractivity contribution in [2.75, 3.05) is 32.8 Å². The fourth-order valence-electron chi connectivity index (χ4n) is 2.72. The lowest BCUT2D eigenvalue weighted by atomic mass is 10.1. The lowest BCUT2D eigenvalue weighted by molar-refractivity contribution is 0.146. The minimum atomic E-state index is 0.401. The fourth-order valence-corrected chi connectivity index (χ4v) is 2.98. The molecule has 1 fully saturated rings. The zero-order valence-electron chi connectivity index (χ0n) is 15.1. The van der Waals surface area contributed by atoms with E-state index in [1.165, 1.54) is 0 Å². The molecule has 0 spiro atoms. The van der Waals surface area contributed by atoms with Crippen LogP contribution < -0.4 is 14.8 Å². The Morgan fingerprint density at radius 3 is 2.74 bits per heavy atom. The quantitative estimate of drug-likeness (QED) is 0.579. The van der Waals surface area contributed by atoms with Crippen molar-refractivity contribution in [2.45, 2.75) is 18.9 Å². The van der Waals surface area contributed by atoms with Crippen molar-refractivity contribution in [1.82, 2.24) is 9.97 Å². The maximum absolute atomic E-state index is 6.55. The fraction of sp³-hybridized carbons (Fsp3) is 0.368. The molecule has 0 aliphatic heterocycles. The number of methoxy groups -OCH3 is 2. The molecule has 1 aliphatic rings. The summed E-state index contributed by atoms with van der Waals surface area (Å²) in [5.41, 5.74) is 1.81. The van der Waals surface area contributed by atoms with Crippen LogP contribution in [0.15, 0.2) is 28.9 Å². The molecule has 1 aromatic carbocycles. The lowest BCUT2D eigenvalue weighted by Gasteiger charge is -2.12. The molecule has 3 aromatic rings. The van der Waals surface area contributed by atoms with Gasteiger partial charge in [-0.05, 0) is 25.0 Å². The third kappa shape index (κ3) is 3.79. The largest absolute Gasteiger partial charge is 0.496 e. The molecule has 8 heteroatoms. The van der Waals surface area contributed by atoms with Crippen LogP contribution in [0.5, 0.6) is 11.5 Å². The van der Waals surface area contributed by atoms with E-state index in [9.17, 15) is 0 Å². The van der Waals surface area contributed by atoms with Crippen molar-refractivity contribution < 1.29 is 18.6 Å². The van der Waals surface area contributed by atoms with Crippen LogP contribution in [0.25, 0.3) is 22.3 Å². The average molecular weight is 390 g/mol. The van der Waals surface area contributed by atoms with E-state index in [2.05, 4.69) is 15.3 Å². The molecule has 0 amide bonds. The van der Waals surface area contributed by atoms with E-state index in [4.69, 9.17) is 30.2 Å². The SMILES string of the molecule is COCCOc1ccc2c(OC)cc(-c3coc(NC4CC4)n3)nc2c1Cl. The highest BCUT2D eigenvalue weighted by molar-refractivity contribution is 6.36. The second kappa shape index (κ2) is 7.62. The van der Waals surface area contributed by atoms with E-state index in [0.29, 0.717) is 58.7 Å². The summed E-state index contributed by atoms with van der Waals surface area (Å²) in [6.45, 7) is 0.874. The number of oxazole rings is 1. The zero-order valence-corrected chi connectivity index (χ0v) is 15.9. The van der Waals surface area contributed by atoms with Crippen molar-refractivity contribution in [3.63, 3.8) is 0 Å². The summed E-state index contributed by atoms with van der Waals surface area (Å²) in [4.78, 5) is 9.15. The van der Waals surface area contributed by atoms with Gasteiger partial charge in [0.05, 0.1) is 24.9 Å². The molecule has 4 rings (SSSR count). The van der Waals surface area contributed by atoms with Crippen molar-refractivity contribution >= 4 is 28.5 Å². The summed E-state index contributed by atoms with van der Waals surface area (Å²) in [5, 5.41) is 4.44. The number of rotatable bonds is 8. The van der Waals surface area contributed by atoms with Crippen molar-refractivity contribution in [1.29, 1.82) is 0 Å². The molecule has 2 heterocycles. The van der Waals surface area contributed by atoms with Gasteiger partial charge in [-0.2, -0.15) is 4.98 Å². The zero-order chi connectivity index (χ0) is 18.8. The number of aromatic nitrogens is 2. The van der Waals surface area contributed by atoms with E-state index in [-0.39, 0.29) is 0 Å². The molecule has 27 heavy (non-hydrogen) atoms. The third-order valence-electron chi connectivity index (χ3n) is 4.28. The Kier molecular flexibility index (Phi) is 5.05. The Morgan fingerprint density at radius 1 is 1.15 bits per heavy atom. The Hall–Kier alpha value is -2.51. The molecule has 142 valence electrons. The first-order chi connectivity index (χ1) is 13.2. The summed E-state index contributed by atoms with van der Waals surface area (Å²) in [6.07, 6.45) is 3.85. The van der Waals surface area contributed by atoms with Crippen LogP contribution >= 0.6 is 11.6 Å². The molecule has 0 saturated heterocycles. The number of hydrogen-bond donors (Lipinski definition) is 1. The first kappa shape index (κ1) is 17.9. The maximum Gasteiger partial charge on any atom is 0.295 e. The van der Waals surface area contributed by atoms with Gasteiger partial charge in [-0.25, -0.2) is 4.98 Å². The predicted octanol–water partition coefficient (Wildman–Crippen LogP) is 4.15. The number of nitrogens with one attached hydrogen (secondary N) is 1. The van der Waals surface area contributed by atoms with Gasteiger partial charge in [0.15, 0.2) is 0 Å². The van der Waals surface area contributed by atoms with Crippen molar-refractivity contribution in [3.05, 3.63) is 29.5 Å². The van der Waals surface area contributed by atoms with Crippen LogP contribution in [-0.4, -0.2) is 43.4 Å². The summed E-state index contributed by atoms with van der Waals surface area (Å²) in [6, 6.07) is 6.45. The first-order valence-electron chi connectivity index (χ1n) is 8.71. The van der Waals surface area contributed by atoms with Gasteiger partial charge >= 0.3 is 0 Å². The minimum Gasteiger partial charge on any atom is -0.496 e. The van der Waals surface area contributed by atoms with Crippen LogP contribution in [0.2, 0.25) is 5.02 Å². The number of ether oxygens (including phenoxy) is 3. The van der Waals surface area contributed by atoms with Gasteiger partial charge in [0.2, 0.25) is 0 Å². The smallest absolute Gasteiger partial charge is 0.295 e. The highest BCUT2D eigenvalue weighted by Crippen LogP contribution is 2.38. The second-order valence-corrected chi connectivity index (χ2v) is 6.66. The Bertz CT molecular complexity index is 956. The predicted molar refractivity (Wildman–Crippen MR) is 103 cm³/mol. The summed E-state index contributed by atoms with van der Waals surface area (Å²) < 4.78 is 21.7. The van der Waals surface area contributed by atoms with Gasteiger partial charge in [0, 0.05) is 24.6 Å². The summed E-state index contributed by atoms with van der Waals surface area (Å²) >= 11 is 6.55. The first-order valence-corrected chi connectivity index (χ1v) is 9.09. The number of halogens is 1. The lowest BCUT2D eigenvalue weighted by Crippen LogP contribution is -2.05. The molecule has 0 atom stereocenters. The average Bonchev–Trinajstić information content (AvgIpc) is 3.37. The van der Waals surface area contributed by atoms with Crippen LogP contribution in [0.3, 0.4) is 0 Å². The van der Waals surface area contributed by atoms with Crippen molar-refractivity contribution in [3.8, 4) is 22.9 Å². The molecule has 7 nitrogen and oxygen atoms in total. The topological polar surface area (TPSA) is 78.6 Å².